The van der Waals surface area contributed by atoms with Gasteiger partial charge in [-0.05, 0) is 25.9 Å². The Balaban J connectivity index is 0.000000578. The molecule has 2 rings (SSSR count). The van der Waals surface area contributed by atoms with E-state index in [1.54, 1.807) is 6.92 Å². The molecule has 4 nitrogen and oxygen atoms in total. The van der Waals surface area contributed by atoms with Crippen molar-refractivity contribution in [3.63, 3.8) is 0 Å². The van der Waals surface area contributed by atoms with E-state index in [0.717, 1.165) is 45.3 Å². The van der Waals surface area contributed by atoms with Crippen LogP contribution in [0.15, 0.2) is 0 Å². The summed E-state index contributed by atoms with van der Waals surface area (Å²) < 4.78 is 0. The van der Waals surface area contributed by atoms with Crippen molar-refractivity contribution in [3.8, 4) is 0 Å². The molecule has 0 saturated carbocycles. The van der Waals surface area contributed by atoms with Gasteiger partial charge in [0.2, 0.25) is 5.91 Å². The lowest BCUT2D eigenvalue weighted by Crippen LogP contribution is -2.53. The summed E-state index contributed by atoms with van der Waals surface area (Å²) in [5, 5.41) is 3.39. The molecule has 1 amide bonds. The van der Waals surface area contributed by atoms with Crippen LogP contribution in [-0.2, 0) is 4.79 Å². The van der Waals surface area contributed by atoms with Gasteiger partial charge in [0, 0.05) is 39.1 Å². The monoisotopic (exact) mass is 299 g/mol. The van der Waals surface area contributed by atoms with Crippen LogP contribution in [0.4, 0.5) is 0 Å². The number of amides is 1. The molecule has 0 aromatic heterocycles. The van der Waals surface area contributed by atoms with Gasteiger partial charge < -0.3 is 10.2 Å². The molecular formula is C17H37N3O. The predicted molar refractivity (Wildman–Crippen MR) is 91.6 cm³/mol. The summed E-state index contributed by atoms with van der Waals surface area (Å²) in [5.74, 6) is 0.222. The molecule has 0 aromatic carbocycles. The molecule has 0 atom stereocenters. The van der Waals surface area contributed by atoms with Crippen LogP contribution in [-0.4, -0.2) is 61.0 Å². The maximum Gasteiger partial charge on any atom is 0.219 e. The van der Waals surface area contributed by atoms with Crippen molar-refractivity contribution in [2.75, 3.05) is 39.3 Å². The highest BCUT2D eigenvalue weighted by atomic mass is 16.2. The van der Waals surface area contributed by atoms with Gasteiger partial charge in [0.1, 0.15) is 0 Å². The standard InChI is InChI=1S/C11H21N3O.2C3H8/c1-10(15)13-6-8-14(9-7-13)11-2-4-12-5-3-11;2*1-3-2/h11-12H,2-9H2,1H3;2*3H2,1-2H3. The number of nitrogens with one attached hydrogen (secondary N) is 1. The molecule has 2 fully saturated rings. The molecule has 2 aliphatic rings. The second-order valence-corrected chi connectivity index (χ2v) is 5.94. The fourth-order valence-corrected chi connectivity index (χ4v) is 2.57. The molecule has 126 valence electrons. The van der Waals surface area contributed by atoms with Crippen molar-refractivity contribution in [2.24, 2.45) is 0 Å². The Bertz CT molecular complexity index is 242. The van der Waals surface area contributed by atoms with Crippen LogP contribution in [0.5, 0.6) is 0 Å². The van der Waals surface area contributed by atoms with Crippen LogP contribution in [0.3, 0.4) is 0 Å². The van der Waals surface area contributed by atoms with Crippen molar-refractivity contribution in [2.45, 2.75) is 66.3 Å². The number of piperazine rings is 1. The first-order valence-corrected chi connectivity index (χ1v) is 8.80. The molecule has 0 unspecified atom stereocenters. The maximum atomic E-state index is 11.2. The summed E-state index contributed by atoms with van der Waals surface area (Å²) in [5.41, 5.74) is 0. The van der Waals surface area contributed by atoms with E-state index in [0.29, 0.717) is 0 Å². The molecule has 21 heavy (non-hydrogen) atoms. The van der Waals surface area contributed by atoms with E-state index in [-0.39, 0.29) is 5.91 Å². The summed E-state index contributed by atoms with van der Waals surface area (Å²) in [6.07, 6.45) is 5.03. The van der Waals surface area contributed by atoms with Gasteiger partial charge in [0.25, 0.3) is 0 Å². The first-order valence-electron chi connectivity index (χ1n) is 8.80. The van der Waals surface area contributed by atoms with Gasteiger partial charge in [-0.25, -0.2) is 0 Å². The first kappa shape index (κ1) is 20.4. The lowest BCUT2D eigenvalue weighted by molar-refractivity contribution is -0.130. The van der Waals surface area contributed by atoms with Crippen LogP contribution in [0.25, 0.3) is 0 Å². The molecular weight excluding hydrogens is 262 g/mol. The highest BCUT2D eigenvalue weighted by molar-refractivity contribution is 5.73. The third-order valence-corrected chi connectivity index (χ3v) is 3.58. The van der Waals surface area contributed by atoms with Gasteiger partial charge in [0.15, 0.2) is 0 Å². The zero-order valence-electron chi connectivity index (χ0n) is 15.0. The molecule has 0 radical (unpaired) electrons. The van der Waals surface area contributed by atoms with Crippen molar-refractivity contribution in [1.82, 2.24) is 15.1 Å². The molecule has 2 heterocycles. The molecule has 0 bridgehead atoms. The second kappa shape index (κ2) is 13.1. The molecule has 0 spiro atoms. The van der Waals surface area contributed by atoms with Gasteiger partial charge in [-0.15, -0.1) is 0 Å². The van der Waals surface area contributed by atoms with Gasteiger partial charge >= 0.3 is 0 Å². The molecule has 4 heteroatoms. The van der Waals surface area contributed by atoms with E-state index in [1.165, 1.54) is 25.7 Å². The Hall–Kier alpha value is -0.610. The number of carbonyl (C=O) groups excluding carboxylic acids is 1. The summed E-state index contributed by atoms with van der Waals surface area (Å²) in [4.78, 5) is 15.7. The smallest absolute Gasteiger partial charge is 0.219 e. The van der Waals surface area contributed by atoms with E-state index in [4.69, 9.17) is 0 Å². The van der Waals surface area contributed by atoms with Crippen LogP contribution < -0.4 is 5.32 Å². The quantitative estimate of drug-likeness (QED) is 0.808. The second-order valence-electron chi connectivity index (χ2n) is 5.94. The predicted octanol–water partition coefficient (Wildman–Crippen LogP) is 2.74. The number of hydrogen-bond acceptors (Lipinski definition) is 3. The van der Waals surface area contributed by atoms with Crippen LogP contribution in [0.2, 0.25) is 0 Å². The Kier molecular flexibility index (Phi) is 12.7. The van der Waals surface area contributed by atoms with Gasteiger partial charge in [0.05, 0.1) is 0 Å². The number of piperidine rings is 1. The van der Waals surface area contributed by atoms with E-state index >= 15 is 0 Å². The zero-order chi connectivity index (χ0) is 16.1. The maximum absolute atomic E-state index is 11.2. The zero-order valence-corrected chi connectivity index (χ0v) is 15.0. The van der Waals surface area contributed by atoms with E-state index in [1.807, 2.05) is 4.90 Å². The summed E-state index contributed by atoms with van der Waals surface area (Å²) in [6, 6.07) is 0.750. The Morgan fingerprint density at radius 1 is 0.952 bits per heavy atom. The fraction of sp³-hybridized carbons (Fsp3) is 0.941. The number of rotatable bonds is 1. The van der Waals surface area contributed by atoms with Crippen molar-refractivity contribution < 1.29 is 4.79 Å². The summed E-state index contributed by atoms with van der Waals surface area (Å²) in [7, 11) is 0. The van der Waals surface area contributed by atoms with E-state index < -0.39 is 0 Å². The molecule has 1 N–H and O–H groups in total. The average molecular weight is 300 g/mol. The van der Waals surface area contributed by atoms with Gasteiger partial charge in [-0.3, -0.25) is 9.69 Å². The Labute approximate surface area is 132 Å². The van der Waals surface area contributed by atoms with E-state index in [2.05, 4.69) is 37.9 Å². The lowest BCUT2D eigenvalue weighted by Gasteiger charge is -2.40. The van der Waals surface area contributed by atoms with Crippen molar-refractivity contribution in [1.29, 1.82) is 0 Å². The third-order valence-electron chi connectivity index (χ3n) is 3.58. The fourth-order valence-electron chi connectivity index (χ4n) is 2.57. The SMILES string of the molecule is CC(=O)N1CCN(C2CCNCC2)CC1.CCC.CCC. The Morgan fingerprint density at radius 3 is 1.76 bits per heavy atom. The minimum absolute atomic E-state index is 0.222. The number of carbonyl (C=O) groups is 1. The minimum atomic E-state index is 0.222. The summed E-state index contributed by atoms with van der Waals surface area (Å²) >= 11 is 0. The molecule has 2 saturated heterocycles. The number of nitrogens with zero attached hydrogens (tertiary/aromatic N) is 2. The third kappa shape index (κ3) is 9.10. The van der Waals surface area contributed by atoms with Crippen LogP contribution in [0, 0.1) is 0 Å². The Morgan fingerprint density at radius 2 is 1.38 bits per heavy atom. The highest BCUT2D eigenvalue weighted by Gasteiger charge is 2.25. The summed E-state index contributed by atoms with van der Waals surface area (Å²) in [6.45, 7) is 16.4. The molecule has 0 aromatic rings. The van der Waals surface area contributed by atoms with Crippen molar-refractivity contribution in [3.05, 3.63) is 0 Å². The highest BCUT2D eigenvalue weighted by Crippen LogP contribution is 2.14. The average Bonchev–Trinajstić information content (AvgIpc) is 2.50. The topological polar surface area (TPSA) is 35.6 Å². The van der Waals surface area contributed by atoms with Crippen LogP contribution >= 0.6 is 0 Å². The van der Waals surface area contributed by atoms with Gasteiger partial charge in [-0.2, -0.15) is 0 Å². The normalized spacial score (nSPS) is 20.0. The lowest BCUT2D eigenvalue weighted by atomic mass is 10.0. The van der Waals surface area contributed by atoms with Crippen molar-refractivity contribution >= 4 is 5.91 Å². The molecule has 2 aliphatic heterocycles. The molecule has 0 aliphatic carbocycles. The van der Waals surface area contributed by atoms with E-state index in [9.17, 15) is 4.79 Å². The largest absolute Gasteiger partial charge is 0.340 e. The minimum Gasteiger partial charge on any atom is -0.340 e. The number of hydrogen-bond donors (Lipinski definition) is 1. The van der Waals surface area contributed by atoms with Gasteiger partial charge in [-0.1, -0.05) is 40.5 Å². The first-order chi connectivity index (χ1) is 10.1. The van der Waals surface area contributed by atoms with Crippen LogP contribution in [0.1, 0.15) is 60.3 Å².